The zero-order chi connectivity index (χ0) is 18.3. The number of carbonyl (C=O) groups excluding carboxylic acids is 2. The van der Waals surface area contributed by atoms with E-state index in [2.05, 4.69) is 21.2 Å². The van der Waals surface area contributed by atoms with Crippen LogP contribution in [-0.2, 0) is 10.4 Å². The van der Waals surface area contributed by atoms with Crippen molar-refractivity contribution >= 4 is 33.3 Å². The monoisotopic (exact) mass is 410 g/mol. The normalized spacial score (nSPS) is 18.5. The fourth-order valence-corrected chi connectivity index (χ4v) is 3.53. The van der Waals surface area contributed by atoms with Crippen molar-refractivity contribution < 1.29 is 14.7 Å². The summed E-state index contributed by atoms with van der Waals surface area (Å²) < 4.78 is 2.62. The summed E-state index contributed by atoms with van der Waals surface area (Å²) >= 11 is 3.34. The van der Waals surface area contributed by atoms with Crippen LogP contribution < -0.4 is 5.32 Å². The smallest absolute Gasteiger partial charge is 0.261 e. The van der Waals surface area contributed by atoms with Gasteiger partial charge in [-0.1, -0.05) is 28.1 Å². The number of nitrogens with zero attached hydrogens (tertiary/aromatic N) is 1. The largest absolute Gasteiger partial charge is 0.375 e. The van der Waals surface area contributed by atoms with E-state index >= 15 is 0 Å². The standard InChI is InChI=1S/C20H15BrN2O3/c21-14-6-7-17-16(11-14)20(26,19(25)22-17)12-18(24)13-4-3-5-15(10-13)23-8-1-2-9-23/h1-11,26H,12H2,(H,22,25)/t20-/m1/s1. The van der Waals surface area contributed by atoms with Crippen LogP contribution in [0.2, 0.25) is 0 Å². The molecular formula is C20H15BrN2O3. The third kappa shape index (κ3) is 2.77. The summed E-state index contributed by atoms with van der Waals surface area (Å²) in [7, 11) is 0. The number of ketones is 1. The van der Waals surface area contributed by atoms with Crippen LogP contribution >= 0.6 is 15.9 Å². The summed E-state index contributed by atoms with van der Waals surface area (Å²) in [5.41, 5.74) is 0.341. The number of halogens is 1. The number of aliphatic hydroxyl groups is 1. The van der Waals surface area contributed by atoms with Crippen LogP contribution in [0.5, 0.6) is 0 Å². The quantitative estimate of drug-likeness (QED) is 0.644. The first kappa shape index (κ1) is 16.8. The first-order valence-corrected chi connectivity index (χ1v) is 8.87. The molecule has 1 aliphatic heterocycles. The number of Topliss-reactive ketones (excluding diaryl/α,β-unsaturated/α-hetero) is 1. The molecule has 2 N–H and O–H groups in total. The average molecular weight is 411 g/mol. The minimum Gasteiger partial charge on any atom is -0.375 e. The molecular weight excluding hydrogens is 396 g/mol. The maximum Gasteiger partial charge on any atom is 0.261 e. The molecule has 1 aliphatic rings. The molecule has 3 aromatic rings. The Morgan fingerprint density at radius 2 is 1.88 bits per heavy atom. The van der Waals surface area contributed by atoms with Crippen LogP contribution in [0.1, 0.15) is 22.3 Å². The molecule has 5 nitrogen and oxygen atoms in total. The third-order valence-corrected chi connectivity index (χ3v) is 5.03. The summed E-state index contributed by atoms with van der Waals surface area (Å²) in [6, 6.07) is 16.0. The predicted octanol–water partition coefficient (Wildman–Crippen LogP) is 3.65. The van der Waals surface area contributed by atoms with Crippen LogP contribution in [0, 0.1) is 0 Å². The van der Waals surface area contributed by atoms with Gasteiger partial charge >= 0.3 is 0 Å². The van der Waals surface area contributed by atoms with Crippen LogP contribution in [0.3, 0.4) is 0 Å². The average Bonchev–Trinajstić information content (AvgIpc) is 3.24. The molecule has 2 heterocycles. The van der Waals surface area contributed by atoms with Crippen molar-refractivity contribution in [2.24, 2.45) is 0 Å². The number of fused-ring (bicyclic) bond motifs is 1. The summed E-state index contributed by atoms with van der Waals surface area (Å²) in [5, 5.41) is 13.6. The van der Waals surface area contributed by atoms with Crippen molar-refractivity contribution in [2.45, 2.75) is 12.0 Å². The van der Waals surface area contributed by atoms with Gasteiger partial charge in [0.1, 0.15) is 0 Å². The number of carbonyl (C=O) groups is 2. The molecule has 0 aliphatic carbocycles. The van der Waals surface area contributed by atoms with Gasteiger partial charge in [-0.2, -0.15) is 0 Å². The molecule has 0 saturated carbocycles. The molecule has 130 valence electrons. The first-order chi connectivity index (χ1) is 12.5. The molecule has 0 radical (unpaired) electrons. The Bertz CT molecular complexity index is 1010. The Balaban J connectivity index is 1.66. The molecule has 1 aromatic heterocycles. The number of hydrogen-bond donors (Lipinski definition) is 2. The molecule has 0 saturated heterocycles. The van der Waals surface area contributed by atoms with Gasteiger partial charge in [0.15, 0.2) is 11.4 Å². The Morgan fingerprint density at radius 1 is 1.12 bits per heavy atom. The lowest BCUT2D eigenvalue weighted by Gasteiger charge is -2.20. The number of anilines is 1. The topological polar surface area (TPSA) is 71.3 Å². The molecule has 1 amide bonds. The SMILES string of the molecule is O=C(C[C@]1(O)C(=O)Nc2ccc(Br)cc21)c1cccc(-n2cccc2)c1. The van der Waals surface area contributed by atoms with Crippen molar-refractivity contribution in [3.63, 3.8) is 0 Å². The van der Waals surface area contributed by atoms with Gasteiger partial charge in [-0.25, -0.2) is 0 Å². The van der Waals surface area contributed by atoms with Crippen LogP contribution in [0.4, 0.5) is 5.69 Å². The van der Waals surface area contributed by atoms with Crippen molar-refractivity contribution in [1.29, 1.82) is 0 Å². The fourth-order valence-electron chi connectivity index (χ4n) is 3.17. The lowest BCUT2D eigenvalue weighted by atomic mass is 9.88. The van der Waals surface area contributed by atoms with E-state index in [0.29, 0.717) is 16.8 Å². The van der Waals surface area contributed by atoms with Gasteiger partial charge in [0.05, 0.1) is 6.42 Å². The highest BCUT2D eigenvalue weighted by Crippen LogP contribution is 2.40. The van der Waals surface area contributed by atoms with E-state index in [-0.39, 0.29) is 12.2 Å². The van der Waals surface area contributed by atoms with Crippen molar-refractivity contribution in [2.75, 3.05) is 5.32 Å². The van der Waals surface area contributed by atoms with Crippen LogP contribution in [0.25, 0.3) is 5.69 Å². The highest BCUT2D eigenvalue weighted by Gasteiger charge is 2.46. The van der Waals surface area contributed by atoms with E-state index in [9.17, 15) is 14.7 Å². The number of hydrogen-bond acceptors (Lipinski definition) is 3. The molecule has 4 rings (SSSR count). The van der Waals surface area contributed by atoms with Gasteiger partial charge in [0, 0.05) is 39.4 Å². The fraction of sp³-hybridized carbons (Fsp3) is 0.100. The van der Waals surface area contributed by atoms with E-state index in [1.54, 1.807) is 36.4 Å². The molecule has 0 unspecified atom stereocenters. The van der Waals surface area contributed by atoms with Gasteiger partial charge in [-0.3, -0.25) is 9.59 Å². The molecule has 2 aromatic carbocycles. The first-order valence-electron chi connectivity index (χ1n) is 8.08. The summed E-state index contributed by atoms with van der Waals surface area (Å²) in [5.74, 6) is -0.884. The highest BCUT2D eigenvalue weighted by atomic mass is 79.9. The van der Waals surface area contributed by atoms with E-state index in [0.717, 1.165) is 10.2 Å². The summed E-state index contributed by atoms with van der Waals surface area (Å²) in [6.45, 7) is 0. The summed E-state index contributed by atoms with van der Waals surface area (Å²) in [4.78, 5) is 25.2. The zero-order valence-corrected chi connectivity index (χ0v) is 15.2. The van der Waals surface area contributed by atoms with E-state index in [1.807, 2.05) is 35.2 Å². The van der Waals surface area contributed by atoms with E-state index in [4.69, 9.17) is 0 Å². The van der Waals surface area contributed by atoms with Gasteiger partial charge in [0.2, 0.25) is 0 Å². The Morgan fingerprint density at radius 3 is 2.65 bits per heavy atom. The molecule has 0 spiro atoms. The Kier molecular flexibility index (Phi) is 4.01. The lowest BCUT2D eigenvalue weighted by Crippen LogP contribution is -2.36. The number of amides is 1. The number of nitrogens with one attached hydrogen (secondary N) is 1. The second kappa shape index (κ2) is 6.23. The van der Waals surface area contributed by atoms with E-state index in [1.165, 1.54) is 0 Å². The molecule has 6 heteroatoms. The van der Waals surface area contributed by atoms with Crippen molar-refractivity contribution in [3.8, 4) is 5.69 Å². The maximum absolute atomic E-state index is 12.8. The summed E-state index contributed by atoms with van der Waals surface area (Å²) in [6.07, 6.45) is 3.45. The van der Waals surface area contributed by atoms with Gasteiger partial charge in [-0.15, -0.1) is 0 Å². The highest BCUT2D eigenvalue weighted by molar-refractivity contribution is 9.10. The zero-order valence-electron chi connectivity index (χ0n) is 13.6. The number of benzene rings is 2. The lowest BCUT2D eigenvalue weighted by molar-refractivity contribution is -0.133. The van der Waals surface area contributed by atoms with Gasteiger partial charge < -0.3 is 15.0 Å². The predicted molar refractivity (Wildman–Crippen MR) is 101 cm³/mol. The van der Waals surface area contributed by atoms with Crippen molar-refractivity contribution in [3.05, 3.63) is 82.6 Å². The molecule has 1 atom stereocenters. The second-order valence-corrected chi connectivity index (χ2v) is 7.16. The van der Waals surface area contributed by atoms with Crippen molar-refractivity contribution in [1.82, 2.24) is 4.57 Å². The van der Waals surface area contributed by atoms with E-state index < -0.39 is 11.5 Å². The number of rotatable bonds is 4. The maximum atomic E-state index is 12.8. The van der Waals surface area contributed by atoms with Crippen LogP contribution in [-0.4, -0.2) is 21.4 Å². The minimum atomic E-state index is -1.88. The number of aromatic nitrogens is 1. The minimum absolute atomic E-state index is 0.301. The van der Waals surface area contributed by atoms with Gasteiger partial charge in [-0.05, 0) is 42.5 Å². The second-order valence-electron chi connectivity index (χ2n) is 6.24. The Labute approximate surface area is 158 Å². The molecule has 0 bridgehead atoms. The molecule has 26 heavy (non-hydrogen) atoms. The third-order valence-electron chi connectivity index (χ3n) is 4.54. The van der Waals surface area contributed by atoms with Crippen LogP contribution in [0.15, 0.2) is 71.5 Å². The molecule has 0 fully saturated rings. The Hall–Kier alpha value is -2.70. The van der Waals surface area contributed by atoms with Gasteiger partial charge in [0.25, 0.3) is 5.91 Å².